The SMILES string of the molecule is CCCCCCCCCCCCCCCC(=O)OCC(COC(=O)CCCCCCCCCCCCCCC)OC(=O)CC(C)CC(=O)OC(C)n1ccc2c(N(C)[C@H]3CN(C(=O)CC#N)CC[C@H]3C)ncnc21. The molecule has 1 aliphatic heterocycles. The molecule has 15 heteroatoms. The van der Waals surface area contributed by atoms with Gasteiger partial charge in [-0.1, -0.05) is 182 Å². The number of amides is 1. The summed E-state index contributed by atoms with van der Waals surface area (Å²) in [5.41, 5.74) is 0.570. The topological polar surface area (TPSA) is 183 Å². The smallest absolute Gasteiger partial charge is 0.307 e. The summed E-state index contributed by atoms with van der Waals surface area (Å²) in [5.74, 6) is -1.53. The van der Waals surface area contributed by atoms with Gasteiger partial charge in [-0.3, -0.25) is 28.5 Å². The van der Waals surface area contributed by atoms with Crippen molar-refractivity contribution in [3.63, 3.8) is 0 Å². The van der Waals surface area contributed by atoms with Crippen molar-refractivity contribution < 1.29 is 42.9 Å². The lowest BCUT2D eigenvalue weighted by molar-refractivity contribution is -0.168. The molecule has 0 radical (unpaired) electrons. The van der Waals surface area contributed by atoms with E-state index in [0.717, 1.165) is 50.3 Å². The first-order chi connectivity index (χ1) is 35.9. The van der Waals surface area contributed by atoms with Crippen molar-refractivity contribution in [2.75, 3.05) is 38.3 Å². The number of ether oxygens (including phenoxy) is 4. The number of likely N-dealkylation sites (tertiary alicyclic amines) is 1. The Kier molecular flexibility index (Phi) is 33.3. The summed E-state index contributed by atoms with van der Waals surface area (Å²) in [6.45, 7) is 10.8. The van der Waals surface area contributed by atoms with E-state index in [-0.39, 0.29) is 75.1 Å². The first-order valence-electron chi connectivity index (χ1n) is 29.3. The number of esters is 4. The molecule has 74 heavy (non-hydrogen) atoms. The van der Waals surface area contributed by atoms with Crippen molar-refractivity contribution >= 4 is 46.6 Å². The number of piperidine rings is 1. The Hall–Kier alpha value is -4.74. The van der Waals surface area contributed by atoms with Crippen molar-refractivity contribution in [2.24, 2.45) is 11.8 Å². The van der Waals surface area contributed by atoms with E-state index in [1.165, 1.54) is 135 Å². The number of nitrogens with zero attached hydrogens (tertiary/aromatic N) is 6. The fourth-order valence-corrected chi connectivity index (χ4v) is 10.0. The number of nitriles is 1. The van der Waals surface area contributed by atoms with Gasteiger partial charge < -0.3 is 28.7 Å². The highest BCUT2D eigenvalue weighted by atomic mass is 16.6. The van der Waals surface area contributed by atoms with Crippen LogP contribution >= 0.6 is 0 Å². The maximum atomic E-state index is 13.3. The Morgan fingerprint density at radius 2 is 1.14 bits per heavy atom. The van der Waals surface area contributed by atoms with Gasteiger partial charge in [0.2, 0.25) is 5.91 Å². The van der Waals surface area contributed by atoms with Crippen LogP contribution in [0.3, 0.4) is 0 Å². The molecule has 0 aromatic carbocycles. The van der Waals surface area contributed by atoms with Crippen LogP contribution in [0, 0.1) is 23.2 Å². The number of aromatic nitrogens is 3. The zero-order chi connectivity index (χ0) is 53.8. The number of likely N-dealkylation sites (N-methyl/N-ethyl adjacent to an activating group) is 1. The number of fused-ring (bicyclic) bond motifs is 1. The third-order valence-electron chi connectivity index (χ3n) is 14.7. The predicted molar refractivity (Wildman–Crippen MR) is 292 cm³/mol. The maximum Gasteiger partial charge on any atom is 0.307 e. The molecule has 2 unspecified atom stereocenters. The van der Waals surface area contributed by atoms with Crippen LogP contribution in [0.15, 0.2) is 18.6 Å². The summed E-state index contributed by atoms with van der Waals surface area (Å²) in [4.78, 5) is 77.7. The monoisotopic (exact) mass is 1030 g/mol. The summed E-state index contributed by atoms with van der Waals surface area (Å²) in [7, 11) is 1.94. The van der Waals surface area contributed by atoms with Crippen LogP contribution in [0.25, 0.3) is 11.0 Å². The van der Waals surface area contributed by atoms with Gasteiger partial charge in [-0.2, -0.15) is 5.26 Å². The van der Waals surface area contributed by atoms with Gasteiger partial charge in [0.1, 0.15) is 37.4 Å². The first-order valence-corrected chi connectivity index (χ1v) is 29.3. The fraction of sp³-hybridized carbons (Fsp3) is 0.797. The van der Waals surface area contributed by atoms with Gasteiger partial charge in [0.05, 0.1) is 17.5 Å². The first kappa shape index (κ1) is 63.6. The summed E-state index contributed by atoms with van der Waals surface area (Å²) >= 11 is 0. The van der Waals surface area contributed by atoms with Gasteiger partial charge in [-0.25, -0.2) is 9.97 Å². The molecule has 1 amide bonds. The molecule has 418 valence electrons. The molecule has 3 heterocycles. The quantitative estimate of drug-likeness (QED) is 0.0348. The molecule has 1 saturated heterocycles. The third-order valence-corrected chi connectivity index (χ3v) is 14.7. The summed E-state index contributed by atoms with van der Waals surface area (Å²) in [6.07, 6.45) is 34.0. The number of rotatable bonds is 42. The molecular formula is C59H98N6O9. The summed E-state index contributed by atoms with van der Waals surface area (Å²) in [6, 6.07) is 3.80. The second kappa shape index (κ2) is 38.8. The Bertz CT molecular complexity index is 1890. The van der Waals surface area contributed by atoms with Crippen LogP contribution in [-0.4, -0.2) is 94.7 Å². The van der Waals surface area contributed by atoms with E-state index in [0.29, 0.717) is 24.6 Å². The van der Waals surface area contributed by atoms with Gasteiger partial charge >= 0.3 is 23.9 Å². The van der Waals surface area contributed by atoms with E-state index >= 15 is 0 Å². The third kappa shape index (κ3) is 26.2. The standard InChI is InChI=1S/C59H98N6O9/c1-7-9-11-13-15-17-19-21-23-25-27-29-31-33-54(67)71-44-50(45-72-55(68)34-32-30-28-26-24-22-20-18-16-14-12-10-8-2)74-57(70)42-47(3)41-56(69)73-49(5)65-40-37-51-58(61-46-62-59(51)65)63(6)52-43-64(39-36-48(52)4)53(66)35-38-60/h37,40,46-50,52H,7-36,39,41-45H2,1-6H3/t47?,48-,49?,52+/m1/s1. The molecule has 1 aliphatic rings. The number of carbonyl (C=O) groups excluding carboxylic acids is 5. The molecule has 0 N–H and O–H groups in total. The Balaban J connectivity index is 1.46. The molecule has 4 atom stereocenters. The van der Waals surface area contributed by atoms with Crippen molar-refractivity contribution in [1.82, 2.24) is 19.4 Å². The van der Waals surface area contributed by atoms with Gasteiger partial charge in [-0.15, -0.1) is 0 Å². The van der Waals surface area contributed by atoms with E-state index in [1.54, 1.807) is 29.5 Å². The molecule has 0 aliphatic carbocycles. The summed E-state index contributed by atoms with van der Waals surface area (Å²) in [5, 5.41) is 9.84. The molecule has 0 saturated carbocycles. The summed E-state index contributed by atoms with van der Waals surface area (Å²) < 4.78 is 24.5. The highest BCUT2D eigenvalue weighted by molar-refractivity contribution is 5.88. The van der Waals surface area contributed by atoms with E-state index in [1.807, 2.05) is 19.2 Å². The molecule has 3 rings (SSSR count). The number of carbonyl (C=O) groups is 5. The molecular weight excluding hydrogens is 937 g/mol. The zero-order valence-corrected chi connectivity index (χ0v) is 46.9. The van der Waals surface area contributed by atoms with E-state index in [4.69, 9.17) is 24.2 Å². The van der Waals surface area contributed by atoms with Crippen molar-refractivity contribution in [3.05, 3.63) is 18.6 Å². The molecule has 1 fully saturated rings. The van der Waals surface area contributed by atoms with Crippen molar-refractivity contribution in [3.8, 4) is 6.07 Å². The fourth-order valence-electron chi connectivity index (χ4n) is 10.0. The Morgan fingerprint density at radius 3 is 1.61 bits per heavy atom. The van der Waals surface area contributed by atoms with Crippen molar-refractivity contribution in [1.29, 1.82) is 5.26 Å². The zero-order valence-electron chi connectivity index (χ0n) is 46.9. The van der Waals surface area contributed by atoms with Crippen LogP contribution in [0.1, 0.15) is 246 Å². The van der Waals surface area contributed by atoms with Crippen LogP contribution in [0.2, 0.25) is 0 Å². The average Bonchev–Trinajstić information content (AvgIpc) is 3.82. The van der Waals surface area contributed by atoms with Crippen LogP contribution in [-0.2, 0) is 42.9 Å². The van der Waals surface area contributed by atoms with Gasteiger partial charge in [-0.05, 0) is 44.1 Å². The molecule has 2 aromatic rings. The van der Waals surface area contributed by atoms with Crippen molar-refractivity contribution in [2.45, 2.75) is 258 Å². The molecule has 15 nitrogen and oxygen atoms in total. The lowest BCUT2D eigenvalue weighted by atomic mass is 9.92. The average molecular weight is 1040 g/mol. The molecule has 2 aromatic heterocycles. The van der Waals surface area contributed by atoms with E-state index < -0.39 is 30.2 Å². The maximum absolute atomic E-state index is 13.3. The molecule has 0 spiro atoms. The number of hydrogen-bond donors (Lipinski definition) is 0. The van der Waals surface area contributed by atoms with Crippen LogP contribution in [0.4, 0.5) is 5.82 Å². The van der Waals surface area contributed by atoms with Gasteiger partial charge in [0.25, 0.3) is 0 Å². The minimum atomic E-state index is -0.980. The van der Waals surface area contributed by atoms with Gasteiger partial charge in [0, 0.05) is 52.0 Å². The Labute approximate surface area is 445 Å². The lowest BCUT2D eigenvalue weighted by Gasteiger charge is -2.42. The largest absolute Gasteiger partial charge is 0.462 e. The minimum Gasteiger partial charge on any atom is -0.462 e. The number of hydrogen-bond acceptors (Lipinski definition) is 13. The highest BCUT2D eigenvalue weighted by Crippen LogP contribution is 2.31. The molecule has 0 bridgehead atoms. The second-order valence-electron chi connectivity index (χ2n) is 21.3. The lowest BCUT2D eigenvalue weighted by Crippen LogP contribution is -2.52. The number of anilines is 1. The normalized spacial score (nSPS) is 15.4. The second-order valence-corrected chi connectivity index (χ2v) is 21.3. The highest BCUT2D eigenvalue weighted by Gasteiger charge is 2.33. The van der Waals surface area contributed by atoms with E-state index in [9.17, 15) is 24.0 Å². The number of unbranched alkanes of at least 4 members (excludes halogenated alkanes) is 24. The van der Waals surface area contributed by atoms with E-state index in [2.05, 4.69) is 35.6 Å². The Morgan fingerprint density at radius 1 is 0.676 bits per heavy atom. The predicted octanol–water partition coefficient (Wildman–Crippen LogP) is 13.5. The van der Waals surface area contributed by atoms with Crippen LogP contribution < -0.4 is 4.90 Å². The van der Waals surface area contributed by atoms with Crippen LogP contribution in [0.5, 0.6) is 0 Å². The minimum absolute atomic E-state index is 0.0332. The van der Waals surface area contributed by atoms with Gasteiger partial charge in [0.15, 0.2) is 12.3 Å².